The van der Waals surface area contributed by atoms with Crippen molar-refractivity contribution in [1.82, 2.24) is 20.0 Å². The molecule has 0 bridgehead atoms. The van der Waals surface area contributed by atoms with Crippen molar-refractivity contribution < 1.29 is 37.6 Å². The number of rotatable bonds is 16. The standard InChI is InChI=1S/C45H42FN4O7P/c1-3-55-45(53)30(2)49-58(54,57-35-18-11-6-12-19-35)27-26-48-43(51)38-36-20-13-25-47-40(36)42(56-41(32-14-7-4-8-15-32)33-16-9-5-10-17-33)39-37(38)29-50(44(39)52)28-31-21-23-34(46)24-22-31/h4-25,29-30,41,52H,3,26-28H2,1-2H3,(H,48,51)(H,49,54)/t30-,58?/m0/s1. The highest BCUT2D eigenvalue weighted by Gasteiger charge is 2.32. The molecule has 0 aliphatic heterocycles. The number of hydrogen-bond donors (Lipinski definition) is 3. The van der Waals surface area contributed by atoms with Crippen LogP contribution < -0.4 is 19.7 Å². The second-order valence-corrected chi connectivity index (χ2v) is 15.8. The lowest BCUT2D eigenvalue weighted by molar-refractivity contribution is -0.144. The number of nitrogens with zero attached hydrogens (tertiary/aromatic N) is 2. The highest BCUT2D eigenvalue weighted by atomic mass is 31.2. The third-order valence-corrected chi connectivity index (χ3v) is 11.6. The number of halogens is 1. The maximum absolute atomic E-state index is 14.5. The maximum atomic E-state index is 14.5. The molecular formula is C45H42FN4O7P. The zero-order chi connectivity index (χ0) is 40.6. The van der Waals surface area contributed by atoms with E-state index in [0.29, 0.717) is 27.6 Å². The first-order valence-corrected chi connectivity index (χ1v) is 20.6. The number of amides is 1. The normalized spacial score (nSPS) is 12.9. The lowest BCUT2D eigenvalue weighted by Crippen LogP contribution is -2.37. The van der Waals surface area contributed by atoms with Gasteiger partial charge in [0.15, 0.2) is 5.75 Å². The minimum Gasteiger partial charge on any atom is -0.494 e. The monoisotopic (exact) mass is 800 g/mol. The molecule has 296 valence electrons. The summed E-state index contributed by atoms with van der Waals surface area (Å²) >= 11 is 0. The number of ether oxygens (including phenoxy) is 2. The second kappa shape index (κ2) is 17.8. The van der Waals surface area contributed by atoms with Gasteiger partial charge in [-0.2, -0.15) is 0 Å². The number of aromatic hydroxyl groups is 1. The van der Waals surface area contributed by atoms with Gasteiger partial charge < -0.3 is 29.0 Å². The molecule has 2 aromatic heterocycles. The van der Waals surface area contributed by atoms with Crippen molar-refractivity contribution in [1.29, 1.82) is 0 Å². The van der Waals surface area contributed by atoms with Gasteiger partial charge in [0.2, 0.25) is 5.88 Å². The third kappa shape index (κ3) is 8.89. The average molecular weight is 801 g/mol. The van der Waals surface area contributed by atoms with Gasteiger partial charge in [0.05, 0.1) is 30.3 Å². The Morgan fingerprint density at radius 3 is 2.14 bits per heavy atom. The summed E-state index contributed by atoms with van der Waals surface area (Å²) in [7, 11) is -3.82. The molecule has 13 heteroatoms. The fourth-order valence-electron chi connectivity index (χ4n) is 6.79. The minimum atomic E-state index is -3.82. The van der Waals surface area contributed by atoms with Gasteiger partial charge in [0.1, 0.15) is 29.2 Å². The number of para-hydroxylation sites is 1. The Hall–Kier alpha value is -6.49. The highest BCUT2D eigenvalue weighted by Crippen LogP contribution is 2.46. The van der Waals surface area contributed by atoms with Gasteiger partial charge in [-0.05, 0) is 60.9 Å². The number of benzene rings is 5. The van der Waals surface area contributed by atoms with Crippen molar-refractivity contribution in [2.45, 2.75) is 32.5 Å². The first-order chi connectivity index (χ1) is 28.1. The van der Waals surface area contributed by atoms with Crippen molar-refractivity contribution in [2.75, 3.05) is 19.3 Å². The molecule has 0 radical (unpaired) electrons. The van der Waals surface area contributed by atoms with Crippen LogP contribution in [0.1, 0.15) is 47.0 Å². The van der Waals surface area contributed by atoms with Crippen LogP contribution >= 0.6 is 7.52 Å². The van der Waals surface area contributed by atoms with Crippen LogP contribution in [0.5, 0.6) is 17.4 Å². The molecule has 1 unspecified atom stereocenters. The maximum Gasteiger partial charge on any atom is 0.323 e. The van der Waals surface area contributed by atoms with E-state index >= 15 is 0 Å². The molecule has 2 heterocycles. The van der Waals surface area contributed by atoms with Crippen LogP contribution in [0.2, 0.25) is 0 Å². The molecule has 0 aliphatic carbocycles. The molecule has 11 nitrogen and oxygen atoms in total. The fourth-order valence-corrected chi connectivity index (χ4v) is 8.62. The van der Waals surface area contributed by atoms with Gasteiger partial charge in [-0.15, -0.1) is 0 Å². The minimum absolute atomic E-state index is 0.126. The van der Waals surface area contributed by atoms with Crippen LogP contribution in [-0.4, -0.2) is 51.9 Å². The lowest BCUT2D eigenvalue weighted by Gasteiger charge is -2.24. The van der Waals surface area contributed by atoms with E-state index in [1.807, 2.05) is 60.7 Å². The summed E-state index contributed by atoms with van der Waals surface area (Å²) in [6, 6.07) is 36.3. The van der Waals surface area contributed by atoms with Gasteiger partial charge in [-0.3, -0.25) is 19.1 Å². The molecule has 0 spiro atoms. The Balaban J connectivity index is 1.30. The fraction of sp³-hybridized carbons (Fsp3) is 0.178. The number of nitrogens with one attached hydrogen (secondary N) is 2. The summed E-state index contributed by atoms with van der Waals surface area (Å²) in [5, 5.41) is 18.8. The van der Waals surface area contributed by atoms with Crippen LogP contribution in [0.25, 0.3) is 21.7 Å². The van der Waals surface area contributed by atoms with E-state index in [4.69, 9.17) is 19.0 Å². The van der Waals surface area contributed by atoms with Crippen LogP contribution in [0.15, 0.2) is 140 Å². The zero-order valence-corrected chi connectivity index (χ0v) is 32.8. The Kier molecular flexibility index (Phi) is 12.2. The Morgan fingerprint density at radius 1 is 0.862 bits per heavy atom. The average Bonchev–Trinajstić information content (AvgIpc) is 3.55. The number of pyridine rings is 1. The van der Waals surface area contributed by atoms with Gasteiger partial charge >= 0.3 is 13.5 Å². The summed E-state index contributed by atoms with van der Waals surface area (Å²) in [5.74, 6) is -1.14. The molecule has 58 heavy (non-hydrogen) atoms. The predicted octanol–water partition coefficient (Wildman–Crippen LogP) is 8.79. The van der Waals surface area contributed by atoms with E-state index < -0.39 is 37.4 Å². The van der Waals surface area contributed by atoms with E-state index in [1.54, 1.807) is 78.5 Å². The SMILES string of the molecule is CCOC(=O)[C@H](C)NP(=O)(CCNC(=O)c1c2cccnc2c(OC(c2ccccc2)c2ccccc2)c2c(O)n(Cc3ccc(F)cc3)cc12)Oc1ccccc1. The number of hydrogen-bond acceptors (Lipinski definition) is 8. The number of aromatic nitrogens is 2. The number of fused-ring (bicyclic) bond motifs is 2. The van der Waals surface area contributed by atoms with E-state index in [-0.39, 0.29) is 48.4 Å². The van der Waals surface area contributed by atoms with Gasteiger partial charge in [0, 0.05) is 29.7 Å². The summed E-state index contributed by atoms with van der Waals surface area (Å²) in [4.78, 5) is 31.7. The molecule has 0 saturated heterocycles. The van der Waals surface area contributed by atoms with Crippen molar-refractivity contribution in [3.05, 3.63) is 168 Å². The Morgan fingerprint density at radius 2 is 1.50 bits per heavy atom. The smallest absolute Gasteiger partial charge is 0.323 e. The molecular weight excluding hydrogens is 758 g/mol. The van der Waals surface area contributed by atoms with Crippen molar-refractivity contribution in [2.24, 2.45) is 0 Å². The zero-order valence-electron chi connectivity index (χ0n) is 31.9. The Labute approximate surface area is 334 Å². The number of carbonyl (C=O) groups excluding carboxylic acids is 2. The van der Waals surface area contributed by atoms with Crippen LogP contribution in [-0.2, 0) is 20.6 Å². The van der Waals surface area contributed by atoms with E-state index in [1.165, 1.54) is 19.1 Å². The largest absolute Gasteiger partial charge is 0.494 e. The lowest BCUT2D eigenvalue weighted by atomic mass is 9.99. The van der Waals surface area contributed by atoms with E-state index in [0.717, 1.165) is 11.1 Å². The molecule has 0 aliphatic rings. The molecule has 2 atom stereocenters. The number of carbonyl (C=O) groups is 2. The molecule has 0 fully saturated rings. The van der Waals surface area contributed by atoms with Gasteiger partial charge in [0.25, 0.3) is 5.91 Å². The number of esters is 1. The van der Waals surface area contributed by atoms with E-state index in [2.05, 4.69) is 10.4 Å². The van der Waals surface area contributed by atoms with Gasteiger partial charge in [-0.1, -0.05) is 97.1 Å². The molecule has 7 rings (SSSR count). The summed E-state index contributed by atoms with van der Waals surface area (Å²) in [6.45, 7) is 3.37. The van der Waals surface area contributed by atoms with Crippen molar-refractivity contribution >= 4 is 41.1 Å². The third-order valence-electron chi connectivity index (χ3n) is 9.49. The van der Waals surface area contributed by atoms with Crippen molar-refractivity contribution in [3.63, 3.8) is 0 Å². The molecule has 5 aromatic carbocycles. The molecule has 1 amide bonds. The van der Waals surface area contributed by atoms with Crippen molar-refractivity contribution in [3.8, 4) is 17.4 Å². The predicted molar refractivity (Wildman–Crippen MR) is 221 cm³/mol. The van der Waals surface area contributed by atoms with Crippen LogP contribution in [0, 0.1) is 5.82 Å². The second-order valence-electron chi connectivity index (χ2n) is 13.6. The highest BCUT2D eigenvalue weighted by molar-refractivity contribution is 7.57. The van der Waals surface area contributed by atoms with Crippen LogP contribution in [0.4, 0.5) is 4.39 Å². The summed E-state index contributed by atoms with van der Waals surface area (Å²) in [5.41, 5.74) is 2.94. The topological polar surface area (TPSA) is 141 Å². The molecule has 3 N–H and O–H groups in total. The first-order valence-electron chi connectivity index (χ1n) is 18.8. The van der Waals surface area contributed by atoms with Crippen LogP contribution in [0.3, 0.4) is 0 Å². The van der Waals surface area contributed by atoms with E-state index in [9.17, 15) is 23.7 Å². The molecule has 0 saturated carbocycles. The Bertz CT molecular complexity index is 2530. The summed E-state index contributed by atoms with van der Waals surface area (Å²) < 4.78 is 47.7. The summed E-state index contributed by atoms with van der Waals surface area (Å²) in [6.07, 6.45) is 2.43. The first kappa shape index (κ1) is 39.7. The molecule has 7 aromatic rings. The quantitative estimate of drug-likeness (QED) is 0.0646. The van der Waals surface area contributed by atoms with Gasteiger partial charge in [-0.25, -0.2) is 9.48 Å².